The Morgan fingerprint density at radius 3 is 2.00 bits per heavy atom. The van der Waals surface area contributed by atoms with Gasteiger partial charge in [0.15, 0.2) is 0 Å². The molecule has 0 bridgehead atoms. The number of hydrogen-bond acceptors (Lipinski definition) is 3. The summed E-state index contributed by atoms with van der Waals surface area (Å²) in [6.07, 6.45) is 0.485. The van der Waals surface area contributed by atoms with Gasteiger partial charge >= 0.3 is 5.66 Å². The van der Waals surface area contributed by atoms with E-state index in [0.717, 1.165) is 0 Å². The molecule has 0 aromatic rings. The third-order valence-electron chi connectivity index (χ3n) is 1.21. The van der Waals surface area contributed by atoms with Gasteiger partial charge in [0, 0.05) is 0 Å². The van der Waals surface area contributed by atoms with Crippen LogP contribution in [0.15, 0.2) is 12.7 Å². The Kier molecular flexibility index (Phi) is 5.22. The standard InChI is InChI=1S/C7H13F2O2PS/c1-4-7(8,9)12(13,10-5-2)11-6-3/h4H,1,5-6H2,2-3H3. The van der Waals surface area contributed by atoms with E-state index in [-0.39, 0.29) is 13.2 Å². The SMILES string of the molecule is C=CC(F)(F)P(=S)(OCC)OCC. The summed E-state index contributed by atoms with van der Waals surface area (Å²) in [5, 5.41) is 0. The maximum absolute atomic E-state index is 13.2. The Labute approximate surface area is 82.1 Å². The zero-order valence-corrected chi connectivity index (χ0v) is 9.34. The van der Waals surface area contributed by atoms with Crippen LogP contribution in [-0.4, -0.2) is 18.9 Å². The molecular weight excluding hydrogens is 217 g/mol. The van der Waals surface area contributed by atoms with Gasteiger partial charge < -0.3 is 9.05 Å². The average Bonchev–Trinajstić information content (AvgIpc) is 2.05. The molecule has 0 aliphatic heterocycles. The summed E-state index contributed by atoms with van der Waals surface area (Å²) in [4.78, 5) is 0. The van der Waals surface area contributed by atoms with E-state index in [0.29, 0.717) is 6.08 Å². The summed E-state index contributed by atoms with van der Waals surface area (Å²) in [6.45, 7) is 2.89. The van der Waals surface area contributed by atoms with E-state index in [1.807, 2.05) is 0 Å². The molecule has 13 heavy (non-hydrogen) atoms. The van der Waals surface area contributed by atoms with Crippen molar-refractivity contribution in [1.82, 2.24) is 0 Å². The highest BCUT2D eigenvalue weighted by Crippen LogP contribution is 2.62. The first-order chi connectivity index (χ1) is 5.93. The monoisotopic (exact) mass is 230 g/mol. The Bertz CT molecular complexity index is 211. The fourth-order valence-electron chi connectivity index (χ4n) is 0.661. The molecule has 0 fully saturated rings. The van der Waals surface area contributed by atoms with Crippen LogP contribution in [0.5, 0.6) is 0 Å². The molecule has 0 radical (unpaired) electrons. The van der Waals surface area contributed by atoms with Crippen LogP contribution in [-0.2, 0) is 20.9 Å². The minimum absolute atomic E-state index is 0.112. The molecule has 0 aromatic heterocycles. The smallest absolute Gasteiger partial charge is 0.325 e. The second kappa shape index (κ2) is 5.15. The molecule has 78 valence electrons. The summed E-state index contributed by atoms with van der Waals surface area (Å²) in [7, 11) is 0. The molecule has 0 heterocycles. The van der Waals surface area contributed by atoms with E-state index in [9.17, 15) is 8.78 Å². The number of allylic oxidation sites excluding steroid dienone is 1. The topological polar surface area (TPSA) is 18.5 Å². The van der Waals surface area contributed by atoms with Gasteiger partial charge in [0.1, 0.15) is 0 Å². The molecule has 0 saturated heterocycles. The van der Waals surface area contributed by atoms with Gasteiger partial charge in [0.2, 0.25) is 0 Å². The number of alkyl halides is 2. The average molecular weight is 230 g/mol. The van der Waals surface area contributed by atoms with E-state index in [2.05, 4.69) is 18.4 Å². The van der Waals surface area contributed by atoms with Gasteiger partial charge in [-0.1, -0.05) is 6.58 Å². The molecule has 0 N–H and O–H groups in total. The molecule has 0 spiro atoms. The summed E-state index contributed by atoms with van der Waals surface area (Å²) in [5.74, 6) is 0. The molecule has 0 atom stereocenters. The van der Waals surface area contributed by atoms with Gasteiger partial charge in [0.05, 0.1) is 13.2 Å². The highest BCUT2D eigenvalue weighted by Gasteiger charge is 2.45. The van der Waals surface area contributed by atoms with Crippen molar-refractivity contribution in [2.24, 2.45) is 0 Å². The normalized spacial score (nSPS) is 12.9. The fourth-order valence-corrected chi connectivity index (χ4v) is 2.84. The predicted molar refractivity (Wildman–Crippen MR) is 52.7 cm³/mol. The fraction of sp³-hybridized carbons (Fsp3) is 0.714. The van der Waals surface area contributed by atoms with Crippen LogP contribution in [0.3, 0.4) is 0 Å². The minimum Gasteiger partial charge on any atom is -0.325 e. The largest absolute Gasteiger partial charge is 0.338 e. The van der Waals surface area contributed by atoms with Gasteiger partial charge in [-0.05, 0) is 31.7 Å². The third kappa shape index (κ3) is 3.09. The molecule has 0 rings (SSSR count). The molecule has 0 aromatic carbocycles. The van der Waals surface area contributed by atoms with Gasteiger partial charge in [-0.2, -0.15) is 8.78 Å². The number of hydrogen-bond donors (Lipinski definition) is 0. The molecule has 2 nitrogen and oxygen atoms in total. The van der Waals surface area contributed by atoms with Gasteiger partial charge in [0.25, 0.3) is 6.49 Å². The van der Waals surface area contributed by atoms with E-state index in [1.165, 1.54) is 0 Å². The molecule has 0 unspecified atom stereocenters. The van der Waals surface area contributed by atoms with Crippen molar-refractivity contribution in [1.29, 1.82) is 0 Å². The first-order valence-electron chi connectivity index (χ1n) is 3.84. The predicted octanol–water partition coefficient (Wildman–Crippen LogP) is 3.15. The highest BCUT2D eigenvalue weighted by atomic mass is 32.5. The maximum Gasteiger partial charge on any atom is 0.338 e. The van der Waals surface area contributed by atoms with Crippen LogP contribution in [0.2, 0.25) is 0 Å². The molecule has 0 amide bonds. The lowest BCUT2D eigenvalue weighted by atomic mass is 10.7. The van der Waals surface area contributed by atoms with Crippen molar-refractivity contribution in [2.75, 3.05) is 13.2 Å². The van der Waals surface area contributed by atoms with Crippen molar-refractivity contribution < 1.29 is 17.8 Å². The number of rotatable bonds is 6. The first-order valence-corrected chi connectivity index (χ1v) is 6.48. The minimum atomic E-state index is -3.54. The van der Waals surface area contributed by atoms with Crippen molar-refractivity contribution >= 4 is 18.3 Å². The molecule has 0 aliphatic carbocycles. The summed E-state index contributed by atoms with van der Waals surface area (Å²) in [5.41, 5.74) is -3.26. The van der Waals surface area contributed by atoms with Gasteiger partial charge in [-0.15, -0.1) is 0 Å². The van der Waals surface area contributed by atoms with Crippen LogP contribution in [0.1, 0.15) is 13.8 Å². The number of halogens is 2. The van der Waals surface area contributed by atoms with Crippen LogP contribution in [0.25, 0.3) is 0 Å². The van der Waals surface area contributed by atoms with E-state index in [1.54, 1.807) is 13.8 Å². The lowest BCUT2D eigenvalue weighted by Gasteiger charge is -2.26. The zero-order valence-electron chi connectivity index (χ0n) is 7.63. The summed E-state index contributed by atoms with van der Waals surface area (Å²) in [6, 6.07) is 0. The van der Waals surface area contributed by atoms with Crippen molar-refractivity contribution in [3.05, 3.63) is 12.7 Å². The van der Waals surface area contributed by atoms with Crippen LogP contribution in [0, 0.1) is 0 Å². The lowest BCUT2D eigenvalue weighted by molar-refractivity contribution is 0.103. The van der Waals surface area contributed by atoms with Crippen molar-refractivity contribution in [3.63, 3.8) is 0 Å². The highest BCUT2D eigenvalue weighted by molar-refractivity contribution is 8.10. The third-order valence-corrected chi connectivity index (χ3v) is 4.68. The molecule has 0 aliphatic rings. The summed E-state index contributed by atoms with van der Waals surface area (Å²) < 4.78 is 35.9. The van der Waals surface area contributed by atoms with Crippen LogP contribution >= 0.6 is 6.49 Å². The Morgan fingerprint density at radius 1 is 1.38 bits per heavy atom. The Morgan fingerprint density at radius 2 is 1.77 bits per heavy atom. The van der Waals surface area contributed by atoms with Gasteiger partial charge in [-0.25, -0.2) is 0 Å². The second-order valence-corrected chi connectivity index (χ2v) is 5.67. The van der Waals surface area contributed by atoms with Gasteiger partial charge in [-0.3, -0.25) is 0 Å². The molecular formula is C7H13F2O2PS. The molecule has 6 heteroatoms. The Hall–Kier alpha value is 0.170. The van der Waals surface area contributed by atoms with E-state index in [4.69, 9.17) is 9.05 Å². The summed E-state index contributed by atoms with van der Waals surface area (Å²) >= 11 is 4.68. The van der Waals surface area contributed by atoms with Crippen LogP contribution < -0.4 is 0 Å². The van der Waals surface area contributed by atoms with Crippen molar-refractivity contribution in [2.45, 2.75) is 19.5 Å². The zero-order chi connectivity index (χ0) is 10.5. The second-order valence-electron chi connectivity index (χ2n) is 2.12. The quantitative estimate of drug-likeness (QED) is 0.516. The van der Waals surface area contributed by atoms with E-state index >= 15 is 0 Å². The van der Waals surface area contributed by atoms with Crippen LogP contribution in [0.4, 0.5) is 8.78 Å². The van der Waals surface area contributed by atoms with E-state index < -0.39 is 12.2 Å². The van der Waals surface area contributed by atoms with Crippen molar-refractivity contribution in [3.8, 4) is 0 Å². The maximum atomic E-state index is 13.2. The first kappa shape index (κ1) is 13.2. The molecule has 0 saturated carbocycles. The lowest BCUT2D eigenvalue weighted by Crippen LogP contribution is -2.16. The Balaban J connectivity index is 4.77.